The molecule has 5 heteroatoms. The van der Waals surface area contributed by atoms with Crippen molar-refractivity contribution >= 4 is 15.9 Å². The Bertz CT molecular complexity index is 542. The van der Waals surface area contributed by atoms with Gasteiger partial charge in [-0.05, 0) is 29.8 Å². The molecule has 0 aliphatic rings. The van der Waals surface area contributed by atoms with Crippen LogP contribution in [0.4, 0.5) is 4.39 Å². The molecule has 0 amide bonds. The van der Waals surface area contributed by atoms with Crippen molar-refractivity contribution in [3.05, 3.63) is 58.1 Å². The Hall–Kier alpha value is -1.46. The molecule has 0 radical (unpaired) electrons. The summed E-state index contributed by atoms with van der Waals surface area (Å²) in [4.78, 5) is 3.96. The number of methoxy groups -OCH3 is 1. The van der Waals surface area contributed by atoms with E-state index in [4.69, 9.17) is 4.74 Å². The maximum atomic E-state index is 13.3. The SMILES string of the molecule is COc1cncc(C(O)c2cc(F)cc(Br)c2)c1. The molecule has 3 nitrogen and oxygen atoms in total. The van der Waals surface area contributed by atoms with Gasteiger partial charge in [-0.3, -0.25) is 4.98 Å². The van der Waals surface area contributed by atoms with Crippen LogP contribution >= 0.6 is 15.9 Å². The molecule has 94 valence electrons. The van der Waals surface area contributed by atoms with Crippen molar-refractivity contribution in [1.29, 1.82) is 0 Å². The van der Waals surface area contributed by atoms with E-state index < -0.39 is 11.9 Å². The third-order valence-corrected chi connectivity index (χ3v) is 2.94. The van der Waals surface area contributed by atoms with Gasteiger partial charge >= 0.3 is 0 Å². The van der Waals surface area contributed by atoms with E-state index in [1.54, 1.807) is 12.1 Å². The third-order valence-electron chi connectivity index (χ3n) is 2.49. The van der Waals surface area contributed by atoms with Gasteiger partial charge in [-0.15, -0.1) is 0 Å². The van der Waals surface area contributed by atoms with E-state index in [-0.39, 0.29) is 0 Å². The summed E-state index contributed by atoms with van der Waals surface area (Å²) in [6.45, 7) is 0. The Balaban J connectivity index is 2.37. The first kappa shape index (κ1) is 13.0. The van der Waals surface area contributed by atoms with Crippen molar-refractivity contribution in [1.82, 2.24) is 4.98 Å². The van der Waals surface area contributed by atoms with Crippen LogP contribution in [-0.4, -0.2) is 17.2 Å². The first-order chi connectivity index (χ1) is 8.60. The molecular weight excluding hydrogens is 301 g/mol. The van der Waals surface area contributed by atoms with Gasteiger partial charge in [0.25, 0.3) is 0 Å². The molecule has 2 rings (SSSR count). The highest BCUT2D eigenvalue weighted by Gasteiger charge is 2.13. The standard InChI is InChI=1S/C13H11BrFNO2/c1-18-12-4-9(6-16-7-12)13(17)8-2-10(14)5-11(15)3-8/h2-7,13,17H,1H3. The molecule has 1 aromatic carbocycles. The van der Waals surface area contributed by atoms with Gasteiger partial charge in [-0.2, -0.15) is 0 Å². The summed E-state index contributed by atoms with van der Waals surface area (Å²) in [7, 11) is 1.52. The van der Waals surface area contributed by atoms with E-state index in [0.29, 0.717) is 21.3 Å². The van der Waals surface area contributed by atoms with Crippen molar-refractivity contribution < 1.29 is 14.2 Å². The molecule has 0 spiro atoms. The van der Waals surface area contributed by atoms with Crippen molar-refractivity contribution in [2.75, 3.05) is 7.11 Å². The molecule has 1 aromatic heterocycles. The quantitative estimate of drug-likeness (QED) is 0.947. The van der Waals surface area contributed by atoms with Gasteiger partial charge in [0.1, 0.15) is 17.7 Å². The highest BCUT2D eigenvalue weighted by molar-refractivity contribution is 9.10. The fraction of sp³-hybridized carbons (Fsp3) is 0.154. The lowest BCUT2D eigenvalue weighted by Crippen LogP contribution is -2.01. The van der Waals surface area contributed by atoms with Crippen LogP contribution in [-0.2, 0) is 0 Å². The van der Waals surface area contributed by atoms with Gasteiger partial charge in [0.05, 0.1) is 13.3 Å². The fourth-order valence-corrected chi connectivity index (χ4v) is 2.11. The number of hydrogen-bond acceptors (Lipinski definition) is 3. The Morgan fingerprint density at radius 3 is 2.67 bits per heavy atom. The molecule has 0 bridgehead atoms. The first-order valence-corrected chi connectivity index (χ1v) is 6.02. The highest BCUT2D eigenvalue weighted by Crippen LogP contribution is 2.26. The average molecular weight is 312 g/mol. The van der Waals surface area contributed by atoms with E-state index in [2.05, 4.69) is 20.9 Å². The number of aliphatic hydroxyl groups is 1. The second kappa shape index (κ2) is 5.46. The lowest BCUT2D eigenvalue weighted by atomic mass is 10.0. The molecule has 0 aliphatic carbocycles. The average Bonchev–Trinajstić information content (AvgIpc) is 2.37. The van der Waals surface area contributed by atoms with Crippen molar-refractivity contribution in [3.63, 3.8) is 0 Å². The zero-order valence-corrected chi connectivity index (χ0v) is 11.2. The van der Waals surface area contributed by atoms with Crippen LogP contribution in [0, 0.1) is 5.82 Å². The molecule has 1 heterocycles. The molecule has 0 saturated heterocycles. The minimum atomic E-state index is -0.945. The highest BCUT2D eigenvalue weighted by atomic mass is 79.9. The lowest BCUT2D eigenvalue weighted by molar-refractivity contribution is 0.218. The second-order valence-electron chi connectivity index (χ2n) is 3.76. The first-order valence-electron chi connectivity index (χ1n) is 5.23. The number of nitrogens with zero attached hydrogens (tertiary/aromatic N) is 1. The van der Waals surface area contributed by atoms with E-state index in [9.17, 15) is 9.50 Å². The number of rotatable bonds is 3. The topological polar surface area (TPSA) is 42.4 Å². The Morgan fingerprint density at radius 1 is 1.22 bits per heavy atom. The summed E-state index contributed by atoms with van der Waals surface area (Å²) in [5.41, 5.74) is 1.00. The molecule has 1 N–H and O–H groups in total. The van der Waals surface area contributed by atoms with E-state index in [0.717, 1.165) is 0 Å². The van der Waals surface area contributed by atoms with Crippen LogP contribution in [0.25, 0.3) is 0 Å². The normalized spacial score (nSPS) is 12.2. The Kier molecular flexibility index (Phi) is 3.93. The molecule has 0 fully saturated rings. The summed E-state index contributed by atoms with van der Waals surface area (Å²) in [5, 5.41) is 10.2. The van der Waals surface area contributed by atoms with Crippen molar-refractivity contribution in [2.24, 2.45) is 0 Å². The Labute approximate surface area is 112 Å². The summed E-state index contributed by atoms with van der Waals surface area (Å²) in [6.07, 6.45) is 2.11. The molecule has 0 saturated carbocycles. The van der Waals surface area contributed by atoms with E-state index >= 15 is 0 Å². The van der Waals surface area contributed by atoms with Gasteiger partial charge in [0, 0.05) is 16.2 Å². The monoisotopic (exact) mass is 311 g/mol. The number of ether oxygens (including phenoxy) is 1. The summed E-state index contributed by atoms with van der Waals surface area (Å²) in [5.74, 6) is 0.135. The zero-order valence-electron chi connectivity index (χ0n) is 9.60. The van der Waals surface area contributed by atoms with E-state index in [1.165, 1.54) is 31.6 Å². The Morgan fingerprint density at radius 2 is 2.00 bits per heavy atom. The van der Waals surface area contributed by atoms with Crippen molar-refractivity contribution in [2.45, 2.75) is 6.10 Å². The van der Waals surface area contributed by atoms with Crippen molar-refractivity contribution in [3.8, 4) is 5.75 Å². The van der Waals surface area contributed by atoms with Gasteiger partial charge in [0.2, 0.25) is 0 Å². The van der Waals surface area contributed by atoms with Gasteiger partial charge < -0.3 is 9.84 Å². The summed E-state index contributed by atoms with van der Waals surface area (Å²) in [6, 6.07) is 5.94. The third kappa shape index (κ3) is 2.86. The van der Waals surface area contributed by atoms with E-state index in [1.807, 2.05) is 0 Å². The second-order valence-corrected chi connectivity index (χ2v) is 4.68. The predicted octanol–water partition coefficient (Wildman–Crippen LogP) is 3.07. The summed E-state index contributed by atoms with van der Waals surface area (Å²) < 4.78 is 18.9. The molecule has 1 atom stereocenters. The number of halogens is 2. The van der Waals surface area contributed by atoms with Crippen LogP contribution in [0.15, 0.2) is 41.1 Å². The number of aliphatic hydroxyl groups excluding tert-OH is 1. The maximum Gasteiger partial charge on any atom is 0.137 e. The van der Waals surface area contributed by atoms with Crippen LogP contribution < -0.4 is 4.74 Å². The van der Waals surface area contributed by atoms with Crippen LogP contribution in [0.1, 0.15) is 17.2 Å². The smallest absolute Gasteiger partial charge is 0.137 e. The van der Waals surface area contributed by atoms with Crippen LogP contribution in [0.5, 0.6) is 5.75 Å². The predicted molar refractivity (Wildman–Crippen MR) is 69.0 cm³/mol. The van der Waals surface area contributed by atoms with Gasteiger partial charge in [-0.1, -0.05) is 15.9 Å². The molecule has 1 unspecified atom stereocenters. The number of pyridine rings is 1. The lowest BCUT2D eigenvalue weighted by Gasteiger charge is -2.12. The molecule has 0 aliphatic heterocycles. The zero-order chi connectivity index (χ0) is 13.1. The molecule has 18 heavy (non-hydrogen) atoms. The minimum Gasteiger partial charge on any atom is -0.495 e. The summed E-state index contributed by atoms with van der Waals surface area (Å²) >= 11 is 3.19. The fourth-order valence-electron chi connectivity index (χ4n) is 1.62. The number of hydrogen-bond donors (Lipinski definition) is 1. The minimum absolute atomic E-state index is 0.408. The van der Waals surface area contributed by atoms with Gasteiger partial charge in [0.15, 0.2) is 0 Å². The molecule has 2 aromatic rings. The molecular formula is C13H11BrFNO2. The maximum absolute atomic E-state index is 13.3. The van der Waals surface area contributed by atoms with Crippen LogP contribution in [0.3, 0.4) is 0 Å². The number of aromatic nitrogens is 1. The largest absolute Gasteiger partial charge is 0.495 e. The number of benzene rings is 1. The van der Waals surface area contributed by atoms with Crippen LogP contribution in [0.2, 0.25) is 0 Å². The van der Waals surface area contributed by atoms with Gasteiger partial charge in [-0.25, -0.2) is 4.39 Å².